The van der Waals surface area contributed by atoms with Crippen LogP contribution in [0.1, 0.15) is 27.2 Å². The number of rotatable bonds is 4. The number of aromatic hydroxyl groups is 1. The van der Waals surface area contributed by atoms with Crippen molar-refractivity contribution in [3.63, 3.8) is 0 Å². The predicted molar refractivity (Wildman–Crippen MR) is 107 cm³/mol. The van der Waals surface area contributed by atoms with Crippen LogP contribution in [0.4, 0.5) is 0 Å². The van der Waals surface area contributed by atoms with Gasteiger partial charge in [0.05, 0.1) is 11.9 Å². The molecular weight excluding hydrogens is 394 g/mol. The largest absolute Gasteiger partial charge is 0.507 e. The molecule has 0 bridgehead atoms. The Labute approximate surface area is 170 Å². The minimum absolute atomic E-state index is 0.00265. The van der Waals surface area contributed by atoms with Crippen LogP contribution in [0, 0.1) is 18.3 Å². The smallest absolute Gasteiger partial charge is 0.292 e. The maximum absolute atomic E-state index is 12.6. The molecular formula is C20H14ClN5O3. The molecule has 144 valence electrons. The molecule has 0 spiro atoms. The summed E-state index contributed by atoms with van der Waals surface area (Å²) in [6.45, 7) is 1.46. The number of aromatic nitrogens is 2. The molecule has 0 radical (unpaired) electrons. The number of hydrogen-bond acceptors (Lipinski definition) is 6. The third kappa shape index (κ3) is 4.15. The lowest BCUT2D eigenvalue weighted by Gasteiger charge is -2.10. The first-order chi connectivity index (χ1) is 13.9. The van der Waals surface area contributed by atoms with Crippen molar-refractivity contribution in [3.8, 4) is 17.5 Å². The Balaban J connectivity index is 1.98. The molecule has 0 aliphatic rings. The number of hydrogen-bond donors (Lipinski definition) is 2. The quantitative estimate of drug-likeness (QED) is 0.508. The average Bonchev–Trinajstić information content (AvgIpc) is 2.71. The number of halogens is 1. The van der Waals surface area contributed by atoms with Gasteiger partial charge in [-0.1, -0.05) is 23.7 Å². The number of carbonyl (C=O) groups is 1. The van der Waals surface area contributed by atoms with Gasteiger partial charge >= 0.3 is 0 Å². The van der Waals surface area contributed by atoms with E-state index in [0.29, 0.717) is 16.3 Å². The van der Waals surface area contributed by atoms with Crippen LogP contribution in [-0.4, -0.2) is 27.0 Å². The van der Waals surface area contributed by atoms with Crippen molar-refractivity contribution in [1.29, 1.82) is 5.26 Å². The second-order valence-corrected chi connectivity index (χ2v) is 6.35. The number of para-hydroxylation sites is 1. The molecule has 0 aliphatic carbocycles. The van der Waals surface area contributed by atoms with Gasteiger partial charge in [0.1, 0.15) is 17.4 Å². The van der Waals surface area contributed by atoms with Gasteiger partial charge in [-0.05, 0) is 43.3 Å². The second kappa shape index (κ2) is 8.37. The van der Waals surface area contributed by atoms with E-state index >= 15 is 0 Å². The minimum Gasteiger partial charge on any atom is -0.507 e. The summed E-state index contributed by atoms with van der Waals surface area (Å²) in [7, 11) is 0. The monoisotopic (exact) mass is 407 g/mol. The summed E-state index contributed by atoms with van der Waals surface area (Å²) in [5.41, 5.74) is 2.19. The van der Waals surface area contributed by atoms with Gasteiger partial charge in [0.25, 0.3) is 11.5 Å². The van der Waals surface area contributed by atoms with Crippen molar-refractivity contribution >= 4 is 23.7 Å². The van der Waals surface area contributed by atoms with Crippen LogP contribution in [0.5, 0.6) is 5.75 Å². The first-order valence-electron chi connectivity index (χ1n) is 8.33. The van der Waals surface area contributed by atoms with E-state index in [2.05, 4.69) is 15.6 Å². The molecule has 0 saturated heterocycles. The molecule has 1 aromatic heterocycles. The highest BCUT2D eigenvalue weighted by Gasteiger charge is 2.20. The number of hydrazone groups is 1. The van der Waals surface area contributed by atoms with Crippen LogP contribution in [0.2, 0.25) is 5.02 Å². The second-order valence-electron chi connectivity index (χ2n) is 5.91. The number of nitrogens with zero attached hydrogens (tertiary/aromatic N) is 4. The fourth-order valence-electron chi connectivity index (χ4n) is 2.52. The maximum Gasteiger partial charge on any atom is 0.292 e. The topological polar surface area (TPSA) is 120 Å². The maximum atomic E-state index is 12.6. The van der Waals surface area contributed by atoms with Gasteiger partial charge in [-0.2, -0.15) is 20.1 Å². The standard InChI is InChI=1S/C20H14ClN5O3/c1-12-16(10-22)20(29)26(15-8-6-14(21)7-9-15)25-18(12)19(28)24-23-11-13-4-2-3-5-17(13)27/h2-9,11,27H,1H3,(H,24,28)/b23-11+. The predicted octanol–water partition coefficient (Wildman–Crippen LogP) is 2.54. The van der Waals surface area contributed by atoms with Crippen molar-refractivity contribution in [1.82, 2.24) is 15.2 Å². The van der Waals surface area contributed by atoms with Gasteiger partial charge in [-0.3, -0.25) is 9.59 Å². The molecule has 0 unspecified atom stereocenters. The minimum atomic E-state index is -0.714. The highest BCUT2D eigenvalue weighted by Crippen LogP contribution is 2.14. The van der Waals surface area contributed by atoms with E-state index in [1.165, 1.54) is 19.2 Å². The highest BCUT2D eigenvalue weighted by molar-refractivity contribution is 6.30. The summed E-state index contributed by atoms with van der Waals surface area (Å²) in [6, 6.07) is 14.5. The summed E-state index contributed by atoms with van der Waals surface area (Å²) in [5.74, 6) is -0.712. The highest BCUT2D eigenvalue weighted by atomic mass is 35.5. The lowest BCUT2D eigenvalue weighted by molar-refractivity contribution is 0.0947. The first kappa shape index (κ1) is 19.8. The molecule has 3 aromatic rings. The Bertz CT molecular complexity index is 1210. The number of carbonyl (C=O) groups excluding carboxylic acids is 1. The third-order valence-corrected chi connectivity index (χ3v) is 4.29. The number of nitrogens with one attached hydrogen (secondary N) is 1. The average molecular weight is 408 g/mol. The van der Waals surface area contributed by atoms with E-state index in [-0.39, 0.29) is 22.6 Å². The van der Waals surface area contributed by atoms with Gasteiger partial charge in [0.2, 0.25) is 0 Å². The Kier molecular flexibility index (Phi) is 5.71. The zero-order chi connectivity index (χ0) is 21.0. The molecule has 3 rings (SSSR count). The van der Waals surface area contributed by atoms with Crippen LogP contribution < -0.4 is 11.0 Å². The van der Waals surface area contributed by atoms with Crippen molar-refractivity contribution in [2.24, 2.45) is 5.10 Å². The van der Waals surface area contributed by atoms with Gasteiger partial charge in [-0.15, -0.1) is 0 Å². The van der Waals surface area contributed by atoms with Gasteiger partial charge in [0, 0.05) is 16.1 Å². The normalized spacial score (nSPS) is 10.7. The van der Waals surface area contributed by atoms with E-state index < -0.39 is 11.5 Å². The lowest BCUT2D eigenvalue weighted by atomic mass is 10.1. The molecule has 1 heterocycles. The van der Waals surface area contributed by atoms with Crippen LogP contribution in [0.25, 0.3) is 5.69 Å². The number of amides is 1. The first-order valence-corrected chi connectivity index (χ1v) is 8.71. The van der Waals surface area contributed by atoms with E-state index in [0.717, 1.165) is 4.68 Å². The van der Waals surface area contributed by atoms with Gasteiger partial charge < -0.3 is 5.11 Å². The summed E-state index contributed by atoms with van der Waals surface area (Å²) < 4.78 is 0.962. The molecule has 9 heteroatoms. The van der Waals surface area contributed by atoms with Crippen molar-refractivity contribution < 1.29 is 9.90 Å². The van der Waals surface area contributed by atoms with Crippen LogP contribution in [0.15, 0.2) is 58.4 Å². The molecule has 29 heavy (non-hydrogen) atoms. The lowest BCUT2D eigenvalue weighted by Crippen LogP contribution is -2.31. The van der Waals surface area contributed by atoms with E-state index in [1.807, 2.05) is 6.07 Å². The number of benzene rings is 2. The molecule has 2 N–H and O–H groups in total. The number of nitriles is 1. The van der Waals surface area contributed by atoms with E-state index in [9.17, 15) is 20.0 Å². The molecule has 8 nitrogen and oxygen atoms in total. The van der Waals surface area contributed by atoms with Crippen molar-refractivity contribution in [2.75, 3.05) is 0 Å². The number of phenolic OH excluding ortho intramolecular Hbond substituents is 1. The van der Waals surface area contributed by atoms with Gasteiger partial charge in [-0.25, -0.2) is 5.43 Å². The summed E-state index contributed by atoms with van der Waals surface area (Å²) in [5, 5.41) is 27.5. The van der Waals surface area contributed by atoms with Crippen LogP contribution in [0.3, 0.4) is 0 Å². The van der Waals surface area contributed by atoms with Crippen LogP contribution >= 0.6 is 11.6 Å². The molecule has 0 aliphatic heterocycles. The fraction of sp³-hybridized carbons (Fsp3) is 0.0500. The molecule has 2 aromatic carbocycles. The van der Waals surface area contributed by atoms with Crippen molar-refractivity contribution in [2.45, 2.75) is 6.92 Å². The zero-order valence-corrected chi connectivity index (χ0v) is 15.9. The molecule has 0 atom stereocenters. The van der Waals surface area contributed by atoms with Gasteiger partial charge in [0.15, 0.2) is 5.69 Å². The summed E-state index contributed by atoms with van der Waals surface area (Å²) in [6.07, 6.45) is 1.27. The molecule has 0 fully saturated rings. The summed E-state index contributed by atoms with van der Waals surface area (Å²) in [4.78, 5) is 25.1. The molecule has 0 saturated carbocycles. The fourth-order valence-corrected chi connectivity index (χ4v) is 2.65. The van der Waals surface area contributed by atoms with Crippen molar-refractivity contribution in [3.05, 3.63) is 86.3 Å². The van der Waals surface area contributed by atoms with E-state index in [4.69, 9.17) is 11.6 Å². The molecule has 1 amide bonds. The SMILES string of the molecule is Cc1c(C(=O)N/N=C/c2ccccc2O)nn(-c2ccc(Cl)cc2)c(=O)c1C#N. The van der Waals surface area contributed by atoms with Crippen LogP contribution in [-0.2, 0) is 0 Å². The Morgan fingerprint density at radius 3 is 2.62 bits per heavy atom. The Hall–Kier alpha value is -3.96. The van der Waals surface area contributed by atoms with E-state index in [1.54, 1.807) is 42.5 Å². The third-order valence-electron chi connectivity index (χ3n) is 4.04. The summed E-state index contributed by atoms with van der Waals surface area (Å²) >= 11 is 5.87. The Morgan fingerprint density at radius 2 is 1.97 bits per heavy atom. The Morgan fingerprint density at radius 1 is 1.28 bits per heavy atom. The zero-order valence-electron chi connectivity index (χ0n) is 15.1. The number of phenols is 1.